The highest BCUT2D eigenvalue weighted by molar-refractivity contribution is 5.69. The molecule has 158 valence electrons. The Morgan fingerprint density at radius 1 is 1.10 bits per heavy atom. The first kappa shape index (κ1) is 24.4. The van der Waals surface area contributed by atoms with Crippen LogP contribution in [0.4, 0.5) is 0 Å². The van der Waals surface area contributed by atoms with E-state index in [1.165, 1.54) is 11.8 Å². The van der Waals surface area contributed by atoms with Gasteiger partial charge < -0.3 is 14.4 Å². The van der Waals surface area contributed by atoms with Gasteiger partial charge in [-0.1, -0.05) is 81.1 Å². The molecule has 0 aliphatic rings. The van der Waals surface area contributed by atoms with Crippen molar-refractivity contribution in [2.24, 2.45) is 5.92 Å². The lowest BCUT2D eigenvalue weighted by Crippen LogP contribution is -2.44. The van der Waals surface area contributed by atoms with E-state index in [1.807, 2.05) is 43.3 Å². The van der Waals surface area contributed by atoms with E-state index in [4.69, 9.17) is 4.74 Å². The molecule has 0 aromatic heterocycles. The quantitative estimate of drug-likeness (QED) is 0.438. The highest BCUT2D eigenvalue weighted by Crippen LogP contribution is 2.38. The summed E-state index contributed by atoms with van der Waals surface area (Å²) >= 11 is 0. The molecule has 0 aliphatic heterocycles. The zero-order valence-corrected chi connectivity index (χ0v) is 18.4. The van der Waals surface area contributed by atoms with Gasteiger partial charge in [0, 0.05) is 25.3 Å². The highest BCUT2D eigenvalue weighted by Gasteiger charge is 2.42. The Bertz CT molecular complexity index is 715. The first-order valence-corrected chi connectivity index (χ1v) is 9.99. The van der Waals surface area contributed by atoms with Crippen molar-refractivity contribution in [1.82, 2.24) is 4.90 Å². The molecule has 0 unspecified atom stereocenters. The Morgan fingerprint density at radius 3 is 2.07 bits per heavy atom. The van der Waals surface area contributed by atoms with Crippen LogP contribution in [0.1, 0.15) is 31.4 Å². The Hall–Kier alpha value is -2.59. The number of hydrogen-bond donors (Lipinski definition) is 0. The normalized spacial score (nSPS) is 13.4. The summed E-state index contributed by atoms with van der Waals surface area (Å²) in [4.78, 5) is 14.5. The van der Waals surface area contributed by atoms with Crippen molar-refractivity contribution in [1.29, 1.82) is 0 Å². The molecule has 0 heterocycles. The van der Waals surface area contributed by atoms with Crippen LogP contribution < -0.4 is 0 Å². The average Bonchev–Trinajstić information content (AvgIpc) is 2.74. The molecule has 0 N–H and O–H groups in total. The third-order valence-corrected chi connectivity index (χ3v) is 4.76. The number of esters is 1. The van der Waals surface area contributed by atoms with E-state index in [2.05, 4.69) is 61.5 Å². The minimum Gasteiger partial charge on any atom is -0.505 e. The average molecular weight is 398 g/mol. The van der Waals surface area contributed by atoms with Gasteiger partial charge in [0.25, 0.3) is 0 Å². The van der Waals surface area contributed by atoms with Crippen LogP contribution in [0.2, 0.25) is 0 Å². The van der Waals surface area contributed by atoms with E-state index < -0.39 is 5.60 Å². The molecule has 0 amide bonds. The van der Waals surface area contributed by atoms with Gasteiger partial charge in [-0.2, -0.15) is 0 Å². The smallest absolute Gasteiger partial charge is 0.306 e. The first-order valence-electron chi connectivity index (χ1n) is 9.99. The van der Waals surface area contributed by atoms with Crippen LogP contribution in [0.5, 0.6) is 0 Å². The van der Waals surface area contributed by atoms with Crippen molar-refractivity contribution in [3.05, 3.63) is 84.6 Å². The molecule has 4 heteroatoms. The van der Waals surface area contributed by atoms with Crippen molar-refractivity contribution in [2.45, 2.75) is 32.3 Å². The molecular weight excluding hydrogens is 362 g/mol. The van der Waals surface area contributed by atoms with E-state index in [-0.39, 0.29) is 11.9 Å². The fourth-order valence-corrected chi connectivity index (χ4v) is 3.35. The van der Waals surface area contributed by atoms with E-state index >= 15 is 0 Å². The van der Waals surface area contributed by atoms with Gasteiger partial charge in [-0.05, 0) is 25.2 Å². The second-order valence-electron chi connectivity index (χ2n) is 7.31. The highest BCUT2D eigenvalue weighted by atomic mass is 16.6. The maximum atomic E-state index is 12.3. The standard InChI is InChI=1S/C22H29NO2.C3H6O/c1-5-21(24)25-22(18(2)17-23(3)4,20-14-10-7-11-15-20)16-19-12-8-6-9-13-19;1-3-4-2/h6-15,18H,5,16-17H2,1-4H3;3H,1H2,2H3/t18-,22+;/m1./s1. The molecule has 0 saturated carbocycles. The molecule has 4 nitrogen and oxygen atoms in total. The summed E-state index contributed by atoms with van der Waals surface area (Å²) < 4.78 is 10.5. The molecule has 0 fully saturated rings. The number of carbonyl (C=O) groups is 1. The summed E-state index contributed by atoms with van der Waals surface area (Å²) in [6.07, 6.45) is 2.41. The lowest BCUT2D eigenvalue weighted by atomic mass is 9.77. The number of methoxy groups -OCH3 is 1. The summed E-state index contributed by atoms with van der Waals surface area (Å²) in [6.45, 7) is 8.10. The summed E-state index contributed by atoms with van der Waals surface area (Å²) in [5, 5.41) is 0. The minimum atomic E-state index is -0.681. The van der Waals surface area contributed by atoms with E-state index in [9.17, 15) is 4.79 Å². The molecule has 2 atom stereocenters. The van der Waals surface area contributed by atoms with Gasteiger partial charge in [-0.3, -0.25) is 4.79 Å². The lowest BCUT2D eigenvalue weighted by molar-refractivity contribution is -0.168. The Labute approximate surface area is 176 Å². The number of ether oxygens (including phenoxy) is 2. The largest absolute Gasteiger partial charge is 0.505 e. The van der Waals surface area contributed by atoms with Gasteiger partial charge in [-0.15, -0.1) is 0 Å². The van der Waals surface area contributed by atoms with E-state index in [1.54, 1.807) is 7.11 Å². The number of nitrogens with zero attached hydrogens (tertiary/aromatic N) is 1. The van der Waals surface area contributed by atoms with Crippen LogP contribution in [0.15, 0.2) is 73.5 Å². The van der Waals surface area contributed by atoms with Crippen LogP contribution >= 0.6 is 0 Å². The third-order valence-electron chi connectivity index (χ3n) is 4.76. The van der Waals surface area contributed by atoms with Gasteiger partial charge >= 0.3 is 5.97 Å². The number of carbonyl (C=O) groups excluding carboxylic acids is 1. The second-order valence-corrected chi connectivity index (χ2v) is 7.31. The van der Waals surface area contributed by atoms with Crippen molar-refractivity contribution >= 4 is 5.97 Å². The van der Waals surface area contributed by atoms with Crippen molar-refractivity contribution in [3.8, 4) is 0 Å². The minimum absolute atomic E-state index is 0.139. The first-order chi connectivity index (χ1) is 13.9. The molecule has 29 heavy (non-hydrogen) atoms. The van der Waals surface area contributed by atoms with Gasteiger partial charge in [0.2, 0.25) is 0 Å². The molecule has 0 spiro atoms. The van der Waals surface area contributed by atoms with Gasteiger partial charge in [0.1, 0.15) is 5.60 Å². The van der Waals surface area contributed by atoms with Crippen LogP contribution in [0.3, 0.4) is 0 Å². The van der Waals surface area contributed by atoms with E-state index in [0.717, 1.165) is 12.1 Å². The summed E-state index contributed by atoms with van der Waals surface area (Å²) in [6, 6.07) is 20.4. The zero-order chi connectivity index (χ0) is 21.7. The second kappa shape index (κ2) is 12.8. The molecular formula is C25H35NO3. The van der Waals surface area contributed by atoms with Gasteiger partial charge in [0.15, 0.2) is 0 Å². The fourth-order valence-electron chi connectivity index (χ4n) is 3.35. The molecule has 0 aliphatic carbocycles. The third kappa shape index (κ3) is 7.74. The maximum Gasteiger partial charge on any atom is 0.306 e. The molecule has 2 rings (SSSR count). The summed E-state index contributed by atoms with van der Waals surface area (Å²) in [5.74, 6) is -0.0222. The Morgan fingerprint density at radius 2 is 1.62 bits per heavy atom. The lowest BCUT2D eigenvalue weighted by Gasteiger charge is -2.40. The predicted octanol–water partition coefficient (Wildman–Crippen LogP) is 5.05. The predicted molar refractivity (Wildman–Crippen MR) is 120 cm³/mol. The summed E-state index contributed by atoms with van der Waals surface area (Å²) in [5.41, 5.74) is 1.54. The zero-order valence-electron chi connectivity index (χ0n) is 18.4. The van der Waals surface area contributed by atoms with Crippen LogP contribution in [-0.4, -0.2) is 38.6 Å². The van der Waals surface area contributed by atoms with Gasteiger partial charge in [0.05, 0.1) is 13.4 Å². The van der Waals surface area contributed by atoms with E-state index in [0.29, 0.717) is 12.8 Å². The Balaban J connectivity index is 0.000000960. The van der Waals surface area contributed by atoms with Gasteiger partial charge in [-0.25, -0.2) is 0 Å². The van der Waals surface area contributed by atoms with Crippen molar-refractivity contribution < 1.29 is 14.3 Å². The van der Waals surface area contributed by atoms with Crippen LogP contribution in [0.25, 0.3) is 0 Å². The molecule has 2 aromatic carbocycles. The number of rotatable bonds is 9. The van der Waals surface area contributed by atoms with Crippen LogP contribution in [0, 0.1) is 5.92 Å². The molecule has 0 saturated heterocycles. The number of hydrogen-bond acceptors (Lipinski definition) is 4. The number of benzene rings is 2. The molecule has 2 aromatic rings. The topological polar surface area (TPSA) is 38.8 Å². The SMILES string of the molecule is C=COC.CCC(=O)O[C@](Cc1ccccc1)(c1ccccc1)[C@H](C)CN(C)C. The molecule has 0 radical (unpaired) electrons. The summed E-state index contributed by atoms with van der Waals surface area (Å²) in [7, 11) is 5.67. The molecule has 0 bridgehead atoms. The fraction of sp³-hybridized carbons (Fsp3) is 0.400. The van der Waals surface area contributed by atoms with Crippen LogP contribution in [-0.2, 0) is 26.3 Å². The Kier molecular flexibility index (Phi) is 10.8. The van der Waals surface area contributed by atoms with Crippen molar-refractivity contribution in [3.63, 3.8) is 0 Å². The van der Waals surface area contributed by atoms with Crippen molar-refractivity contribution in [2.75, 3.05) is 27.7 Å². The maximum absolute atomic E-state index is 12.3. The monoisotopic (exact) mass is 397 g/mol.